The molecule has 0 aliphatic rings. The summed E-state index contributed by atoms with van der Waals surface area (Å²) in [4.78, 5) is 24.4. The van der Waals surface area contributed by atoms with E-state index in [-0.39, 0.29) is 11.5 Å². The van der Waals surface area contributed by atoms with Gasteiger partial charge in [0.05, 0.1) is 9.90 Å². The molecule has 1 atom stereocenters. The molecule has 1 heterocycles. The maximum Gasteiger partial charge on any atom is 0.329 e. The lowest BCUT2D eigenvalue weighted by molar-refractivity contribution is -0.158. The summed E-state index contributed by atoms with van der Waals surface area (Å²) in [6.45, 7) is 8.99. The molecule has 21 heavy (non-hydrogen) atoms. The van der Waals surface area contributed by atoms with E-state index in [4.69, 9.17) is 27.9 Å². The van der Waals surface area contributed by atoms with Crippen LogP contribution in [-0.2, 0) is 9.53 Å². The third-order valence-corrected chi connectivity index (χ3v) is 4.00. The van der Waals surface area contributed by atoms with Crippen molar-refractivity contribution in [2.75, 3.05) is 0 Å². The second-order valence-electron chi connectivity index (χ2n) is 5.97. The van der Waals surface area contributed by atoms with Gasteiger partial charge in [-0.25, -0.2) is 4.79 Å². The third-order valence-electron chi connectivity index (χ3n) is 2.52. The van der Waals surface area contributed by atoms with E-state index in [1.807, 2.05) is 13.8 Å². The number of rotatable bonds is 4. The minimum Gasteiger partial charge on any atom is -0.458 e. The van der Waals surface area contributed by atoms with E-state index in [1.54, 1.807) is 20.8 Å². The second kappa shape index (κ2) is 6.99. The number of ether oxygens (including phenoxy) is 1. The van der Waals surface area contributed by atoms with E-state index < -0.39 is 23.5 Å². The van der Waals surface area contributed by atoms with Crippen molar-refractivity contribution in [3.8, 4) is 0 Å². The zero-order valence-corrected chi connectivity index (χ0v) is 14.9. The fourth-order valence-corrected chi connectivity index (χ4v) is 3.04. The molecule has 0 aromatic carbocycles. The van der Waals surface area contributed by atoms with Gasteiger partial charge < -0.3 is 10.1 Å². The fraction of sp³-hybridized carbons (Fsp3) is 0.571. The van der Waals surface area contributed by atoms with Crippen LogP contribution in [0.2, 0.25) is 8.67 Å². The Hall–Kier alpha value is -0.780. The van der Waals surface area contributed by atoms with Crippen LogP contribution in [0.4, 0.5) is 0 Å². The Labute approximate surface area is 138 Å². The highest BCUT2D eigenvalue weighted by Gasteiger charge is 2.30. The van der Waals surface area contributed by atoms with Crippen molar-refractivity contribution in [3.63, 3.8) is 0 Å². The molecule has 0 bridgehead atoms. The molecular formula is C14H19Cl2NO3S. The quantitative estimate of drug-likeness (QED) is 0.828. The highest BCUT2D eigenvalue weighted by Crippen LogP contribution is 2.31. The lowest BCUT2D eigenvalue weighted by Crippen LogP contribution is -2.47. The highest BCUT2D eigenvalue weighted by molar-refractivity contribution is 7.20. The van der Waals surface area contributed by atoms with E-state index in [9.17, 15) is 9.59 Å². The van der Waals surface area contributed by atoms with E-state index in [0.29, 0.717) is 8.67 Å². The molecule has 118 valence electrons. The van der Waals surface area contributed by atoms with Gasteiger partial charge in [0.15, 0.2) is 0 Å². The number of thiophene rings is 1. The molecule has 1 aromatic rings. The van der Waals surface area contributed by atoms with Gasteiger partial charge in [-0.2, -0.15) is 0 Å². The molecule has 7 heteroatoms. The average Bonchev–Trinajstić information content (AvgIpc) is 2.62. The van der Waals surface area contributed by atoms with Gasteiger partial charge in [-0.15, -0.1) is 11.3 Å². The number of hydrogen-bond acceptors (Lipinski definition) is 4. The largest absolute Gasteiger partial charge is 0.458 e. The molecule has 0 aliphatic carbocycles. The fourth-order valence-electron chi connectivity index (χ4n) is 1.58. The van der Waals surface area contributed by atoms with Gasteiger partial charge in [0, 0.05) is 0 Å². The molecular weight excluding hydrogens is 333 g/mol. The first-order valence-corrected chi connectivity index (χ1v) is 8.07. The first-order chi connectivity index (χ1) is 9.51. The Morgan fingerprint density at radius 1 is 1.29 bits per heavy atom. The number of amides is 1. The van der Waals surface area contributed by atoms with Crippen molar-refractivity contribution < 1.29 is 14.3 Å². The van der Waals surface area contributed by atoms with Crippen LogP contribution in [0.25, 0.3) is 0 Å². The number of carbonyl (C=O) groups is 2. The van der Waals surface area contributed by atoms with Crippen LogP contribution >= 0.6 is 34.5 Å². The van der Waals surface area contributed by atoms with Gasteiger partial charge in [-0.05, 0) is 32.8 Å². The van der Waals surface area contributed by atoms with E-state index in [2.05, 4.69) is 5.32 Å². The average molecular weight is 352 g/mol. The normalized spacial score (nSPS) is 13.1. The van der Waals surface area contributed by atoms with Gasteiger partial charge in [0.2, 0.25) is 0 Å². The molecule has 1 aromatic heterocycles. The monoisotopic (exact) mass is 351 g/mol. The Kier molecular flexibility index (Phi) is 6.08. The topological polar surface area (TPSA) is 55.4 Å². The summed E-state index contributed by atoms with van der Waals surface area (Å²) in [5, 5.41) is 2.66. The van der Waals surface area contributed by atoms with Gasteiger partial charge in [-0.1, -0.05) is 37.0 Å². The molecule has 1 rings (SSSR count). The second-order valence-corrected chi connectivity index (χ2v) is 8.25. The zero-order chi connectivity index (χ0) is 16.4. The van der Waals surface area contributed by atoms with Crippen molar-refractivity contribution in [1.82, 2.24) is 5.32 Å². The molecule has 1 N–H and O–H groups in total. The standard InChI is InChI=1S/C14H19Cl2NO3S/c1-7(2)10(13(19)20-14(3,4)5)17-12(18)8-6-9(15)21-11(8)16/h6-7,10H,1-5H3,(H,17,18)/t10-/m1/s1. The number of hydrogen-bond donors (Lipinski definition) is 1. The molecule has 0 radical (unpaired) electrons. The van der Waals surface area contributed by atoms with Gasteiger partial charge in [-0.3, -0.25) is 4.79 Å². The molecule has 0 saturated heterocycles. The molecule has 0 unspecified atom stereocenters. The van der Waals surface area contributed by atoms with Crippen LogP contribution in [0.15, 0.2) is 6.07 Å². The van der Waals surface area contributed by atoms with Crippen LogP contribution in [0.5, 0.6) is 0 Å². The van der Waals surface area contributed by atoms with Crippen LogP contribution in [-0.4, -0.2) is 23.5 Å². The Morgan fingerprint density at radius 3 is 2.24 bits per heavy atom. The molecule has 0 fully saturated rings. The maximum absolute atomic E-state index is 12.2. The molecule has 1 amide bonds. The minimum atomic E-state index is -0.744. The molecule has 4 nitrogen and oxygen atoms in total. The summed E-state index contributed by atoms with van der Waals surface area (Å²) in [6.07, 6.45) is 0. The Morgan fingerprint density at radius 2 is 1.86 bits per heavy atom. The van der Waals surface area contributed by atoms with Crippen molar-refractivity contribution >= 4 is 46.4 Å². The zero-order valence-electron chi connectivity index (χ0n) is 12.6. The van der Waals surface area contributed by atoms with Crippen molar-refractivity contribution in [1.29, 1.82) is 0 Å². The van der Waals surface area contributed by atoms with E-state index in [0.717, 1.165) is 11.3 Å². The van der Waals surface area contributed by atoms with E-state index in [1.165, 1.54) is 6.07 Å². The lowest BCUT2D eigenvalue weighted by Gasteiger charge is -2.26. The molecule has 0 spiro atoms. The number of carbonyl (C=O) groups excluding carboxylic acids is 2. The number of halogens is 2. The van der Waals surface area contributed by atoms with Crippen LogP contribution in [0.1, 0.15) is 45.0 Å². The summed E-state index contributed by atoms with van der Waals surface area (Å²) >= 11 is 12.9. The predicted octanol–water partition coefficient (Wildman–Crippen LogP) is 4.15. The summed E-state index contributed by atoms with van der Waals surface area (Å²) in [7, 11) is 0. The highest BCUT2D eigenvalue weighted by atomic mass is 35.5. The van der Waals surface area contributed by atoms with Crippen molar-refractivity contribution in [2.24, 2.45) is 5.92 Å². The third kappa shape index (κ3) is 5.49. The summed E-state index contributed by atoms with van der Waals surface area (Å²) < 4.78 is 6.04. The van der Waals surface area contributed by atoms with Crippen LogP contribution in [0, 0.1) is 5.92 Å². The smallest absolute Gasteiger partial charge is 0.329 e. The SMILES string of the molecule is CC(C)[C@@H](NC(=O)c1cc(Cl)sc1Cl)C(=O)OC(C)(C)C. The maximum atomic E-state index is 12.2. The molecule has 0 saturated carbocycles. The van der Waals surface area contributed by atoms with Gasteiger partial charge in [0.1, 0.15) is 16.0 Å². The predicted molar refractivity (Wildman–Crippen MR) is 86.3 cm³/mol. The van der Waals surface area contributed by atoms with Crippen LogP contribution < -0.4 is 5.32 Å². The molecule has 0 aliphatic heterocycles. The van der Waals surface area contributed by atoms with E-state index >= 15 is 0 Å². The minimum absolute atomic E-state index is 0.114. The van der Waals surface area contributed by atoms with Crippen molar-refractivity contribution in [3.05, 3.63) is 20.3 Å². The lowest BCUT2D eigenvalue weighted by atomic mass is 10.0. The first kappa shape index (κ1) is 18.3. The Balaban J connectivity index is 2.86. The summed E-state index contributed by atoms with van der Waals surface area (Å²) in [6, 6.07) is 0.738. The van der Waals surface area contributed by atoms with Crippen molar-refractivity contribution in [2.45, 2.75) is 46.3 Å². The summed E-state index contributed by atoms with van der Waals surface area (Å²) in [5.74, 6) is -1.02. The first-order valence-electron chi connectivity index (χ1n) is 6.50. The van der Waals surface area contributed by atoms with Gasteiger partial charge >= 0.3 is 5.97 Å². The van der Waals surface area contributed by atoms with Crippen LogP contribution in [0.3, 0.4) is 0 Å². The number of nitrogens with one attached hydrogen (secondary N) is 1. The van der Waals surface area contributed by atoms with Gasteiger partial charge in [0.25, 0.3) is 5.91 Å². The Bertz CT molecular complexity index is 535. The number of esters is 1. The summed E-state index contributed by atoms with van der Waals surface area (Å²) in [5.41, 5.74) is -0.348.